The third-order valence-electron chi connectivity index (χ3n) is 3.50. The topological polar surface area (TPSA) is 84.2 Å². The highest BCUT2D eigenvalue weighted by Crippen LogP contribution is 2.27. The summed E-state index contributed by atoms with van der Waals surface area (Å²) in [6.07, 6.45) is 3.60. The minimum Gasteiger partial charge on any atom is -0.489 e. The number of ether oxygens (including phenoxy) is 1. The molecule has 1 aliphatic rings. The van der Waals surface area contributed by atoms with E-state index in [-0.39, 0.29) is 17.4 Å². The molecule has 1 aliphatic heterocycles. The lowest BCUT2D eigenvalue weighted by Crippen LogP contribution is -2.43. The lowest BCUT2D eigenvalue weighted by Gasteiger charge is -2.35. The molecule has 2 heterocycles. The minimum absolute atomic E-state index is 0.154. The number of aromatic amines is 1. The molecule has 1 fully saturated rings. The lowest BCUT2D eigenvalue weighted by molar-refractivity contribution is 0.356. The Balaban J connectivity index is 2.26. The van der Waals surface area contributed by atoms with Gasteiger partial charge in [-0.25, -0.2) is 4.98 Å². The van der Waals surface area contributed by atoms with Gasteiger partial charge in [0.1, 0.15) is 0 Å². The predicted molar refractivity (Wildman–Crippen MR) is 70.0 cm³/mol. The number of nitrogens with one attached hydrogen (secondary N) is 1. The zero-order valence-electron chi connectivity index (χ0n) is 10.8. The van der Waals surface area contributed by atoms with Gasteiger partial charge in [0.05, 0.1) is 13.4 Å². The monoisotopic (exact) mass is 252 g/mol. The molecule has 6 heteroatoms. The molecule has 3 N–H and O–H groups in total. The number of anilines is 1. The van der Waals surface area contributed by atoms with Crippen molar-refractivity contribution in [2.75, 3.05) is 25.1 Å². The molecule has 1 aromatic rings. The van der Waals surface area contributed by atoms with Gasteiger partial charge in [-0.15, -0.1) is 0 Å². The van der Waals surface area contributed by atoms with Crippen LogP contribution < -0.4 is 20.9 Å². The van der Waals surface area contributed by atoms with Crippen LogP contribution in [0, 0.1) is 5.92 Å². The van der Waals surface area contributed by atoms with Crippen LogP contribution in [0.4, 0.5) is 5.82 Å². The van der Waals surface area contributed by atoms with E-state index >= 15 is 0 Å². The molecule has 1 aromatic heterocycles. The summed E-state index contributed by atoms with van der Waals surface area (Å²) < 4.78 is 5.15. The molecule has 0 amide bonds. The van der Waals surface area contributed by atoms with Crippen LogP contribution in [0.1, 0.15) is 19.8 Å². The first-order valence-corrected chi connectivity index (χ1v) is 6.25. The summed E-state index contributed by atoms with van der Waals surface area (Å²) in [6.45, 7) is 3.73. The van der Waals surface area contributed by atoms with Crippen molar-refractivity contribution in [3.05, 3.63) is 16.7 Å². The Morgan fingerprint density at radius 1 is 1.67 bits per heavy atom. The lowest BCUT2D eigenvalue weighted by atomic mass is 9.92. The number of methoxy groups -OCH3 is 1. The smallest absolute Gasteiger partial charge is 0.295 e. The summed E-state index contributed by atoms with van der Waals surface area (Å²) in [6, 6.07) is 0.154. The number of rotatable bonds is 3. The number of hydrogen-bond donors (Lipinski definition) is 2. The van der Waals surface area contributed by atoms with Gasteiger partial charge >= 0.3 is 0 Å². The van der Waals surface area contributed by atoms with Crippen LogP contribution in [0.5, 0.6) is 5.75 Å². The highest BCUT2D eigenvalue weighted by Gasteiger charge is 2.26. The number of aromatic nitrogens is 2. The molecular formula is C12H20N4O2. The largest absolute Gasteiger partial charge is 0.489 e. The first-order valence-electron chi connectivity index (χ1n) is 6.25. The van der Waals surface area contributed by atoms with E-state index < -0.39 is 0 Å². The maximum absolute atomic E-state index is 11.7. The predicted octanol–water partition coefficient (Wildman–Crippen LogP) is 0.342. The molecule has 2 atom stereocenters. The van der Waals surface area contributed by atoms with Crippen molar-refractivity contribution < 1.29 is 4.74 Å². The van der Waals surface area contributed by atoms with Crippen molar-refractivity contribution in [2.24, 2.45) is 11.7 Å². The van der Waals surface area contributed by atoms with E-state index in [0.29, 0.717) is 11.7 Å². The maximum Gasteiger partial charge on any atom is 0.295 e. The number of H-pyrrole nitrogens is 1. The van der Waals surface area contributed by atoms with Gasteiger partial charge in [-0.2, -0.15) is 0 Å². The molecule has 1 saturated heterocycles. The Morgan fingerprint density at radius 3 is 3.11 bits per heavy atom. The fraction of sp³-hybridized carbons (Fsp3) is 0.667. The Morgan fingerprint density at radius 2 is 2.44 bits per heavy atom. The molecule has 0 spiro atoms. The van der Waals surface area contributed by atoms with Crippen LogP contribution in [-0.4, -0.2) is 36.2 Å². The van der Waals surface area contributed by atoms with Crippen LogP contribution >= 0.6 is 0 Å². The molecule has 6 nitrogen and oxygen atoms in total. The van der Waals surface area contributed by atoms with Gasteiger partial charge in [0, 0.05) is 19.1 Å². The summed E-state index contributed by atoms with van der Waals surface area (Å²) in [5.41, 5.74) is 5.72. The maximum atomic E-state index is 11.7. The van der Waals surface area contributed by atoms with Gasteiger partial charge in [0.25, 0.3) is 5.56 Å². The molecule has 0 aliphatic carbocycles. The van der Waals surface area contributed by atoms with E-state index in [1.165, 1.54) is 13.4 Å². The van der Waals surface area contributed by atoms with Gasteiger partial charge in [0.2, 0.25) is 5.75 Å². The van der Waals surface area contributed by atoms with Crippen LogP contribution in [-0.2, 0) is 0 Å². The number of piperidine rings is 1. The SMILES string of the molecule is COc1c(N2CCCC(C(C)N)C2)nc[nH]c1=O. The van der Waals surface area contributed by atoms with E-state index in [1.54, 1.807) is 0 Å². The molecule has 0 saturated carbocycles. The summed E-state index contributed by atoms with van der Waals surface area (Å²) in [7, 11) is 1.49. The fourth-order valence-electron chi connectivity index (χ4n) is 2.42. The summed E-state index contributed by atoms with van der Waals surface area (Å²) in [5, 5.41) is 0. The highest BCUT2D eigenvalue weighted by atomic mass is 16.5. The normalized spacial score (nSPS) is 21.7. The Labute approximate surface area is 106 Å². The molecule has 18 heavy (non-hydrogen) atoms. The average Bonchev–Trinajstić information content (AvgIpc) is 2.38. The first kappa shape index (κ1) is 12.9. The molecular weight excluding hydrogens is 232 g/mol. The van der Waals surface area contributed by atoms with E-state index in [0.717, 1.165) is 25.9 Å². The summed E-state index contributed by atoms with van der Waals surface area (Å²) in [4.78, 5) is 20.5. The third-order valence-corrected chi connectivity index (χ3v) is 3.50. The standard InChI is InChI=1S/C12H20N4O2/c1-8(13)9-4-3-5-16(6-9)11-10(18-2)12(17)15-7-14-11/h7-9H,3-6,13H2,1-2H3,(H,14,15,17). The molecule has 100 valence electrons. The van der Waals surface area contributed by atoms with E-state index in [1.807, 2.05) is 6.92 Å². The van der Waals surface area contributed by atoms with Crippen LogP contribution in [0.3, 0.4) is 0 Å². The van der Waals surface area contributed by atoms with E-state index in [4.69, 9.17) is 10.5 Å². The second kappa shape index (κ2) is 5.39. The Kier molecular flexibility index (Phi) is 3.86. The second-order valence-electron chi connectivity index (χ2n) is 4.80. The molecule has 0 radical (unpaired) electrons. The zero-order valence-corrected chi connectivity index (χ0v) is 10.8. The van der Waals surface area contributed by atoms with Crippen LogP contribution in [0.15, 0.2) is 11.1 Å². The number of nitrogens with two attached hydrogens (primary N) is 1. The van der Waals surface area contributed by atoms with Crippen molar-refractivity contribution in [3.8, 4) is 5.75 Å². The number of hydrogen-bond acceptors (Lipinski definition) is 5. The van der Waals surface area contributed by atoms with Crippen molar-refractivity contribution >= 4 is 5.82 Å². The highest BCUT2D eigenvalue weighted by molar-refractivity contribution is 5.51. The van der Waals surface area contributed by atoms with E-state index in [9.17, 15) is 4.79 Å². The van der Waals surface area contributed by atoms with Crippen molar-refractivity contribution in [2.45, 2.75) is 25.8 Å². The van der Waals surface area contributed by atoms with Crippen molar-refractivity contribution in [1.82, 2.24) is 9.97 Å². The van der Waals surface area contributed by atoms with Gasteiger partial charge in [-0.1, -0.05) is 0 Å². The Hall–Kier alpha value is -1.56. The first-order chi connectivity index (χ1) is 8.63. The van der Waals surface area contributed by atoms with Gasteiger partial charge in [0.15, 0.2) is 5.82 Å². The van der Waals surface area contributed by atoms with Crippen molar-refractivity contribution in [3.63, 3.8) is 0 Å². The molecule has 2 unspecified atom stereocenters. The molecule has 0 aromatic carbocycles. The average molecular weight is 252 g/mol. The van der Waals surface area contributed by atoms with Gasteiger partial charge in [-0.3, -0.25) is 4.79 Å². The fourth-order valence-corrected chi connectivity index (χ4v) is 2.42. The van der Waals surface area contributed by atoms with Crippen LogP contribution in [0.25, 0.3) is 0 Å². The minimum atomic E-state index is -0.245. The van der Waals surface area contributed by atoms with Crippen molar-refractivity contribution in [1.29, 1.82) is 0 Å². The zero-order chi connectivity index (χ0) is 13.1. The Bertz CT molecular complexity index is 458. The molecule has 2 rings (SSSR count). The van der Waals surface area contributed by atoms with Gasteiger partial charge < -0.3 is 20.4 Å². The number of nitrogens with zero attached hydrogens (tertiary/aromatic N) is 2. The summed E-state index contributed by atoms with van der Waals surface area (Å²) >= 11 is 0. The quantitative estimate of drug-likeness (QED) is 0.810. The molecule has 0 bridgehead atoms. The summed E-state index contributed by atoms with van der Waals surface area (Å²) in [5.74, 6) is 1.33. The van der Waals surface area contributed by atoms with Crippen LogP contribution in [0.2, 0.25) is 0 Å². The van der Waals surface area contributed by atoms with E-state index in [2.05, 4.69) is 14.9 Å². The third kappa shape index (κ3) is 2.48. The van der Waals surface area contributed by atoms with Gasteiger partial charge in [-0.05, 0) is 25.7 Å². The second-order valence-corrected chi connectivity index (χ2v) is 4.80.